The summed E-state index contributed by atoms with van der Waals surface area (Å²) in [6.45, 7) is 5.00. The van der Waals surface area contributed by atoms with E-state index in [1.165, 1.54) is 12.3 Å². The van der Waals surface area contributed by atoms with Gasteiger partial charge in [-0.2, -0.15) is 0 Å². The number of nitrogens with one attached hydrogen (secondary N) is 1. The molecule has 0 saturated carbocycles. The molecule has 1 amide bonds. The minimum atomic E-state index is -0.477. The van der Waals surface area contributed by atoms with Crippen molar-refractivity contribution < 1.29 is 9.72 Å². The summed E-state index contributed by atoms with van der Waals surface area (Å²) in [5.41, 5.74) is 0.637. The van der Waals surface area contributed by atoms with Crippen molar-refractivity contribution in [2.45, 2.75) is 6.92 Å². The SMILES string of the molecule is Cc1cc([N+](=O)[O-])cnc1N(C)CC(=O)N1CCNCC1. The number of hydrogen-bond donors (Lipinski definition) is 1. The van der Waals surface area contributed by atoms with E-state index < -0.39 is 4.92 Å². The monoisotopic (exact) mass is 293 g/mol. The van der Waals surface area contributed by atoms with E-state index in [0.29, 0.717) is 24.5 Å². The highest BCUT2D eigenvalue weighted by atomic mass is 16.6. The van der Waals surface area contributed by atoms with Crippen LogP contribution in [0.3, 0.4) is 0 Å². The van der Waals surface area contributed by atoms with E-state index in [2.05, 4.69) is 10.3 Å². The van der Waals surface area contributed by atoms with Crippen molar-refractivity contribution in [2.24, 2.45) is 0 Å². The minimum Gasteiger partial charge on any atom is -0.350 e. The van der Waals surface area contributed by atoms with Gasteiger partial charge in [0.1, 0.15) is 12.0 Å². The van der Waals surface area contributed by atoms with Crippen LogP contribution in [0.5, 0.6) is 0 Å². The summed E-state index contributed by atoms with van der Waals surface area (Å²) in [5.74, 6) is 0.627. The van der Waals surface area contributed by atoms with Gasteiger partial charge in [-0.25, -0.2) is 4.98 Å². The highest BCUT2D eigenvalue weighted by molar-refractivity contribution is 5.81. The fraction of sp³-hybridized carbons (Fsp3) is 0.538. The van der Waals surface area contributed by atoms with E-state index in [1.807, 2.05) is 4.90 Å². The van der Waals surface area contributed by atoms with Crippen LogP contribution in [0.25, 0.3) is 0 Å². The van der Waals surface area contributed by atoms with Gasteiger partial charge in [0.15, 0.2) is 0 Å². The van der Waals surface area contributed by atoms with Gasteiger partial charge in [0.2, 0.25) is 5.91 Å². The molecule has 0 bridgehead atoms. The molecule has 0 aliphatic carbocycles. The standard InChI is InChI=1S/C13H19N5O3/c1-10-7-11(18(20)21)8-15-13(10)16(2)9-12(19)17-5-3-14-4-6-17/h7-8,14H,3-6,9H2,1-2H3. The van der Waals surface area contributed by atoms with Crippen LogP contribution >= 0.6 is 0 Å². The van der Waals surface area contributed by atoms with Gasteiger partial charge in [-0.3, -0.25) is 14.9 Å². The molecule has 1 saturated heterocycles. The summed E-state index contributed by atoms with van der Waals surface area (Å²) in [4.78, 5) is 30.1. The Bertz CT molecular complexity index is 543. The van der Waals surface area contributed by atoms with Gasteiger partial charge < -0.3 is 15.1 Å². The Labute approximate surface area is 122 Å². The van der Waals surface area contributed by atoms with Crippen LogP contribution in [0.4, 0.5) is 11.5 Å². The van der Waals surface area contributed by atoms with E-state index in [-0.39, 0.29) is 18.1 Å². The zero-order valence-electron chi connectivity index (χ0n) is 12.2. The van der Waals surface area contributed by atoms with Gasteiger partial charge >= 0.3 is 0 Å². The highest BCUT2D eigenvalue weighted by Gasteiger charge is 2.19. The van der Waals surface area contributed by atoms with E-state index in [0.717, 1.165) is 13.1 Å². The lowest BCUT2D eigenvalue weighted by Crippen LogP contribution is -2.49. The number of amides is 1. The number of aryl methyl sites for hydroxylation is 1. The molecule has 114 valence electrons. The van der Waals surface area contributed by atoms with Crippen molar-refractivity contribution in [3.63, 3.8) is 0 Å². The van der Waals surface area contributed by atoms with Crippen LogP contribution in [-0.4, -0.2) is 60.5 Å². The van der Waals surface area contributed by atoms with Crippen LogP contribution in [0.15, 0.2) is 12.3 Å². The van der Waals surface area contributed by atoms with Gasteiger partial charge in [-0.1, -0.05) is 0 Å². The number of rotatable bonds is 4. The molecule has 2 rings (SSSR count). The lowest BCUT2D eigenvalue weighted by Gasteiger charge is -2.29. The van der Waals surface area contributed by atoms with Crippen LogP contribution in [-0.2, 0) is 4.79 Å². The zero-order chi connectivity index (χ0) is 15.4. The van der Waals surface area contributed by atoms with Crippen molar-refractivity contribution in [3.8, 4) is 0 Å². The van der Waals surface area contributed by atoms with E-state index >= 15 is 0 Å². The lowest BCUT2D eigenvalue weighted by molar-refractivity contribution is -0.385. The van der Waals surface area contributed by atoms with E-state index in [1.54, 1.807) is 18.9 Å². The molecule has 1 aliphatic rings. The molecule has 1 aromatic rings. The highest BCUT2D eigenvalue weighted by Crippen LogP contribution is 2.20. The number of piperazine rings is 1. The Balaban J connectivity index is 2.04. The summed E-state index contributed by atoms with van der Waals surface area (Å²) in [5, 5.41) is 13.9. The van der Waals surface area contributed by atoms with Crippen LogP contribution in [0.2, 0.25) is 0 Å². The average Bonchev–Trinajstić information content (AvgIpc) is 2.47. The number of carbonyl (C=O) groups is 1. The van der Waals surface area contributed by atoms with Gasteiger partial charge in [-0.15, -0.1) is 0 Å². The summed E-state index contributed by atoms with van der Waals surface area (Å²) in [7, 11) is 1.77. The molecule has 1 aromatic heterocycles. The molecular formula is C13H19N5O3. The normalized spacial score (nSPS) is 14.9. The minimum absolute atomic E-state index is 0.0403. The summed E-state index contributed by atoms with van der Waals surface area (Å²) >= 11 is 0. The van der Waals surface area contributed by atoms with Gasteiger partial charge in [0.25, 0.3) is 5.69 Å². The Kier molecular flexibility index (Phi) is 4.69. The fourth-order valence-electron chi connectivity index (χ4n) is 2.34. The zero-order valence-corrected chi connectivity index (χ0v) is 12.2. The Morgan fingerprint density at radius 3 is 2.76 bits per heavy atom. The number of hydrogen-bond acceptors (Lipinski definition) is 6. The number of aromatic nitrogens is 1. The summed E-state index contributed by atoms with van der Waals surface area (Å²) < 4.78 is 0. The molecule has 1 N–H and O–H groups in total. The second kappa shape index (κ2) is 6.49. The molecule has 0 atom stereocenters. The molecule has 8 heteroatoms. The number of anilines is 1. The third kappa shape index (κ3) is 3.66. The number of likely N-dealkylation sites (N-methyl/N-ethyl adjacent to an activating group) is 1. The maximum absolute atomic E-state index is 12.2. The van der Waals surface area contributed by atoms with Gasteiger partial charge in [0, 0.05) is 39.3 Å². The summed E-state index contributed by atoms with van der Waals surface area (Å²) in [6.07, 6.45) is 1.22. The Hall–Kier alpha value is -2.22. The largest absolute Gasteiger partial charge is 0.350 e. The molecule has 0 unspecified atom stereocenters. The first kappa shape index (κ1) is 15.2. The number of nitrogens with zero attached hydrogens (tertiary/aromatic N) is 4. The third-order valence-corrected chi connectivity index (χ3v) is 3.45. The van der Waals surface area contributed by atoms with Gasteiger partial charge in [0.05, 0.1) is 11.5 Å². The Morgan fingerprint density at radius 2 is 2.19 bits per heavy atom. The molecule has 1 fully saturated rings. The molecule has 0 spiro atoms. The van der Waals surface area contributed by atoms with Crippen molar-refractivity contribution in [3.05, 3.63) is 27.9 Å². The maximum atomic E-state index is 12.2. The van der Waals surface area contributed by atoms with Crippen molar-refractivity contribution in [2.75, 3.05) is 44.7 Å². The average molecular weight is 293 g/mol. The van der Waals surface area contributed by atoms with Crippen molar-refractivity contribution in [1.82, 2.24) is 15.2 Å². The first-order chi connectivity index (χ1) is 9.99. The smallest absolute Gasteiger partial charge is 0.287 e. The third-order valence-electron chi connectivity index (χ3n) is 3.45. The van der Waals surface area contributed by atoms with Crippen LogP contribution in [0.1, 0.15) is 5.56 Å². The fourth-order valence-corrected chi connectivity index (χ4v) is 2.34. The predicted molar refractivity (Wildman–Crippen MR) is 78.3 cm³/mol. The second-order valence-electron chi connectivity index (χ2n) is 5.08. The topological polar surface area (TPSA) is 91.6 Å². The van der Waals surface area contributed by atoms with Crippen LogP contribution < -0.4 is 10.2 Å². The maximum Gasteiger partial charge on any atom is 0.287 e. The first-order valence-corrected chi connectivity index (χ1v) is 6.79. The van der Waals surface area contributed by atoms with Gasteiger partial charge in [-0.05, 0) is 12.5 Å². The number of nitro groups is 1. The molecule has 8 nitrogen and oxygen atoms in total. The molecular weight excluding hydrogens is 274 g/mol. The number of pyridine rings is 1. The lowest BCUT2D eigenvalue weighted by atomic mass is 10.2. The summed E-state index contributed by atoms with van der Waals surface area (Å²) in [6, 6.07) is 1.47. The molecule has 0 radical (unpaired) electrons. The molecule has 1 aliphatic heterocycles. The van der Waals surface area contributed by atoms with Crippen molar-refractivity contribution >= 4 is 17.4 Å². The second-order valence-corrected chi connectivity index (χ2v) is 5.08. The molecule has 0 aromatic carbocycles. The van der Waals surface area contributed by atoms with E-state index in [9.17, 15) is 14.9 Å². The van der Waals surface area contributed by atoms with E-state index in [4.69, 9.17) is 0 Å². The first-order valence-electron chi connectivity index (χ1n) is 6.79. The molecule has 2 heterocycles. The molecule has 21 heavy (non-hydrogen) atoms. The quantitative estimate of drug-likeness (QED) is 0.628. The number of carbonyl (C=O) groups excluding carboxylic acids is 1. The van der Waals surface area contributed by atoms with Crippen LogP contribution in [0, 0.1) is 17.0 Å². The Morgan fingerprint density at radius 1 is 1.52 bits per heavy atom. The van der Waals surface area contributed by atoms with Crippen molar-refractivity contribution in [1.29, 1.82) is 0 Å². The predicted octanol–water partition coefficient (Wildman–Crippen LogP) is 0.166.